The van der Waals surface area contributed by atoms with E-state index < -0.39 is 0 Å². The van der Waals surface area contributed by atoms with E-state index in [1.165, 1.54) is 5.56 Å². The van der Waals surface area contributed by atoms with Gasteiger partial charge < -0.3 is 16.0 Å². The molecule has 34 heavy (non-hydrogen) atoms. The van der Waals surface area contributed by atoms with Gasteiger partial charge in [0.1, 0.15) is 0 Å². The van der Waals surface area contributed by atoms with Gasteiger partial charge in [-0.05, 0) is 78.9 Å². The molecule has 7 heteroatoms. The third kappa shape index (κ3) is 6.09. The van der Waals surface area contributed by atoms with E-state index in [1.54, 1.807) is 24.3 Å². The first-order valence-electron chi connectivity index (χ1n) is 11.3. The van der Waals surface area contributed by atoms with Crippen molar-refractivity contribution in [2.75, 3.05) is 25.0 Å². The minimum absolute atomic E-state index is 0.196. The predicted molar refractivity (Wildman–Crippen MR) is 138 cm³/mol. The first-order valence-corrected chi connectivity index (χ1v) is 12.1. The van der Waals surface area contributed by atoms with Gasteiger partial charge in [0.25, 0.3) is 0 Å². The van der Waals surface area contributed by atoms with Gasteiger partial charge in [-0.2, -0.15) is 5.26 Å². The van der Waals surface area contributed by atoms with Crippen LogP contribution in [0.2, 0.25) is 10.0 Å². The molecule has 0 bridgehead atoms. The molecule has 0 aromatic heterocycles. The lowest BCUT2D eigenvalue weighted by molar-refractivity contribution is 0.247. The molecule has 1 saturated heterocycles. The van der Waals surface area contributed by atoms with Crippen LogP contribution in [0.25, 0.3) is 11.1 Å². The number of nitrogens with one attached hydrogen (secondary N) is 3. The number of piperidine rings is 1. The van der Waals surface area contributed by atoms with Crippen LogP contribution in [0.5, 0.6) is 0 Å². The molecule has 1 unspecified atom stereocenters. The number of rotatable bonds is 6. The van der Waals surface area contributed by atoms with E-state index in [-0.39, 0.29) is 11.9 Å². The van der Waals surface area contributed by atoms with Gasteiger partial charge in [0.2, 0.25) is 0 Å². The van der Waals surface area contributed by atoms with E-state index in [2.05, 4.69) is 46.3 Å². The van der Waals surface area contributed by atoms with Crippen molar-refractivity contribution in [3.05, 3.63) is 87.9 Å². The number of hydrogen-bond donors (Lipinski definition) is 3. The lowest BCUT2D eigenvalue weighted by atomic mass is 9.80. The fourth-order valence-electron chi connectivity index (χ4n) is 4.45. The minimum atomic E-state index is -0.276. The molecule has 1 fully saturated rings. The predicted octanol–water partition coefficient (Wildman–Crippen LogP) is 6.44. The third-order valence-electron chi connectivity index (χ3n) is 6.28. The zero-order valence-electron chi connectivity index (χ0n) is 18.7. The second-order valence-electron chi connectivity index (χ2n) is 8.47. The van der Waals surface area contributed by atoms with Gasteiger partial charge in [0.15, 0.2) is 0 Å². The summed E-state index contributed by atoms with van der Waals surface area (Å²) in [5, 5.41) is 19.3. The molecule has 1 atom stereocenters. The van der Waals surface area contributed by atoms with Crippen LogP contribution >= 0.6 is 23.2 Å². The quantitative estimate of drug-likeness (QED) is 0.370. The number of hydrogen-bond acceptors (Lipinski definition) is 3. The summed E-state index contributed by atoms with van der Waals surface area (Å²) >= 11 is 12.0. The molecule has 1 aliphatic rings. The maximum Gasteiger partial charge on any atom is 0.319 e. The van der Waals surface area contributed by atoms with Gasteiger partial charge in [-0.25, -0.2) is 4.79 Å². The number of benzene rings is 3. The van der Waals surface area contributed by atoms with Gasteiger partial charge in [-0.15, -0.1) is 0 Å². The van der Waals surface area contributed by atoms with Crippen LogP contribution in [0, 0.1) is 17.2 Å². The van der Waals surface area contributed by atoms with Crippen LogP contribution in [0.4, 0.5) is 10.5 Å². The number of carbonyl (C=O) groups is 1. The summed E-state index contributed by atoms with van der Waals surface area (Å²) in [7, 11) is 0. The molecule has 5 nitrogen and oxygen atoms in total. The first-order chi connectivity index (χ1) is 16.5. The molecule has 0 saturated carbocycles. The lowest BCUT2D eigenvalue weighted by Crippen LogP contribution is -2.38. The van der Waals surface area contributed by atoms with Crippen LogP contribution in [-0.4, -0.2) is 25.7 Å². The zero-order chi connectivity index (χ0) is 23.9. The van der Waals surface area contributed by atoms with Gasteiger partial charge in [0.05, 0.1) is 21.7 Å². The highest BCUT2D eigenvalue weighted by atomic mass is 35.5. The first kappa shape index (κ1) is 24.1. The summed E-state index contributed by atoms with van der Waals surface area (Å²) in [5.74, 6) is 0.667. The molecule has 0 spiro atoms. The maximum atomic E-state index is 12.6. The molecule has 3 N–H and O–H groups in total. The Balaban J connectivity index is 1.47. The van der Waals surface area contributed by atoms with Gasteiger partial charge in [-0.1, -0.05) is 59.6 Å². The monoisotopic (exact) mass is 492 g/mol. The van der Waals surface area contributed by atoms with Crippen molar-refractivity contribution < 1.29 is 4.79 Å². The molecule has 1 aliphatic heterocycles. The van der Waals surface area contributed by atoms with E-state index >= 15 is 0 Å². The van der Waals surface area contributed by atoms with Crippen molar-refractivity contribution in [3.63, 3.8) is 0 Å². The van der Waals surface area contributed by atoms with Crippen LogP contribution in [0.1, 0.15) is 29.9 Å². The second kappa shape index (κ2) is 11.4. The molecular weight excluding hydrogens is 467 g/mol. The van der Waals surface area contributed by atoms with Crippen molar-refractivity contribution in [3.8, 4) is 17.2 Å². The number of halogens is 2. The molecule has 4 rings (SSSR count). The molecule has 0 radical (unpaired) electrons. The van der Waals surface area contributed by atoms with E-state index in [4.69, 9.17) is 23.2 Å². The summed E-state index contributed by atoms with van der Waals surface area (Å²) in [5.41, 5.74) is 4.51. The summed E-state index contributed by atoms with van der Waals surface area (Å²) in [6.45, 7) is 2.49. The highest BCUT2D eigenvalue weighted by molar-refractivity contribution is 6.42. The van der Waals surface area contributed by atoms with Crippen molar-refractivity contribution in [1.29, 1.82) is 5.26 Å². The highest BCUT2D eigenvalue weighted by Gasteiger charge is 2.25. The Morgan fingerprint density at radius 1 is 1.00 bits per heavy atom. The Kier molecular flexibility index (Phi) is 8.08. The Labute approximate surface area is 210 Å². The van der Waals surface area contributed by atoms with E-state index in [0.29, 0.717) is 33.8 Å². The Bertz CT molecular complexity index is 1180. The van der Waals surface area contributed by atoms with Gasteiger partial charge >= 0.3 is 6.03 Å². The summed E-state index contributed by atoms with van der Waals surface area (Å²) < 4.78 is 0. The minimum Gasteiger partial charge on any atom is -0.337 e. The number of carbonyl (C=O) groups excluding carboxylic acids is 1. The third-order valence-corrected chi connectivity index (χ3v) is 7.02. The molecule has 0 aliphatic carbocycles. The molecular formula is C27H26Cl2N4O. The van der Waals surface area contributed by atoms with Crippen LogP contribution < -0.4 is 16.0 Å². The summed E-state index contributed by atoms with van der Waals surface area (Å²) in [4.78, 5) is 12.6. The Morgan fingerprint density at radius 3 is 2.47 bits per heavy atom. The van der Waals surface area contributed by atoms with Crippen molar-refractivity contribution in [2.24, 2.45) is 5.92 Å². The summed E-state index contributed by atoms with van der Waals surface area (Å²) in [6.07, 6.45) is 2.12. The van der Waals surface area contributed by atoms with Crippen molar-refractivity contribution in [1.82, 2.24) is 10.6 Å². The molecule has 2 amide bonds. The van der Waals surface area contributed by atoms with Crippen molar-refractivity contribution >= 4 is 34.9 Å². The fraction of sp³-hybridized carbons (Fsp3) is 0.259. The maximum absolute atomic E-state index is 12.6. The number of amides is 2. The van der Waals surface area contributed by atoms with Crippen LogP contribution in [-0.2, 0) is 0 Å². The zero-order valence-corrected chi connectivity index (χ0v) is 20.2. The average Bonchev–Trinajstić information content (AvgIpc) is 2.87. The van der Waals surface area contributed by atoms with Crippen LogP contribution in [0.3, 0.4) is 0 Å². The second-order valence-corrected chi connectivity index (χ2v) is 9.29. The average molecular weight is 493 g/mol. The standard InChI is InChI=1S/C27H26Cl2N4O/c28-25-9-8-23(15-26(25)29)33-27(34)32-17-24(21-10-12-31-13-11-21)20-6-4-19(5-7-20)22-3-1-2-18(14-22)16-30/h1-9,14-15,21,24,31H,10-13,17H2,(H2,32,33,34). The van der Waals surface area contributed by atoms with E-state index in [0.717, 1.165) is 37.1 Å². The SMILES string of the molecule is N#Cc1cccc(-c2ccc(C(CNC(=O)Nc3ccc(Cl)c(Cl)c3)C3CCNCC3)cc2)c1. The van der Waals surface area contributed by atoms with Crippen molar-refractivity contribution in [2.45, 2.75) is 18.8 Å². The molecule has 3 aromatic carbocycles. The van der Waals surface area contributed by atoms with Gasteiger partial charge in [0, 0.05) is 18.2 Å². The Hall–Kier alpha value is -3.04. The fourth-order valence-corrected chi connectivity index (χ4v) is 4.74. The van der Waals surface area contributed by atoms with E-state index in [1.807, 2.05) is 18.2 Å². The lowest BCUT2D eigenvalue weighted by Gasteiger charge is -2.31. The number of nitriles is 1. The normalized spacial score (nSPS) is 14.7. The number of urea groups is 1. The highest BCUT2D eigenvalue weighted by Crippen LogP contribution is 2.32. The van der Waals surface area contributed by atoms with Crippen LogP contribution in [0.15, 0.2) is 66.7 Å². The van der Waals surface area contributed by atoms with Gasteiger partial charge in [-0.3, -0.25) is 0 Å². The van der Waals surface area contributed by atoms with E-state index in [9.17, 15) is 10.1 Å². The summed E-state index contributed by atoms with van der Waals surface area (Å²) in [6, 6.07) is 23.0. The number of nitrogens with zero attached hydrogens (tertiary/aromatic N) is 1. The topological polar surface area (TPSA) is 77.0 Å². The number of anilines is 1. The molecule has 1 heterocycles. The molecule has 174 valence electrons. The molecule has 3 aromatic rings. The smallest absolute Gasteiger partial charge is 0.319 e. The largest absolute Gasteiger partial charge is 0.337 e. The Morgan fingerprint density at radius 2 is 1.76 bits per heavy atom.